The molecule has 0 radical (unpaired) electrons. The molecule has 0 bridgehead atoms. The number of amides is 4. The average molecular weight is 535 g/mol. The van der Waals surface area contributed by atoms with Crippen LogP contribution in [0.4, 0.5) is 10.5 Å². The van der Waals surface area contributed by atoms with E-state index in [1.54, 1.807) is 19.2 Å². The Hall–Kier alpha value is -3.91. The number of carbonyl (C=O) groups excluding carboxylic acids is 3. The molecule has 1 aliphatic rings. The highest BCUT2D eigenvalue weighted by molar-refractivity contribution is 9.10. The Morgan fingerprint density at radius 2 is 1.66 bits per heavy atom. The Bertz CT molecular complexity index is 1360. The van der Waals surface area contributed by atoms with Gasteiger partial charge >= 0.3 is 6.03 Å². The van der Waals surface area contributed by atoms with Crippen LogP contribution in [0.15, 0.2) is 64.6 Å². The van der Waals surface area contributed by atoms with Gasteiger partial charge in [0.2, 0.25) is 0 Å². The molecule has 1 aliphatic heterocycles. The first-order chi connectivity index (χ1) is 16.7. The lowest BCUT2D eigenvalue weighted by molar-refractivity contribution is -0.122. The van der Waals surface area contributed by atoms with Crippen molar-refractivity contribution in [3.63, 3.8) is 0 Å². The van der Waals surface area contributed by atoms with Crippen LogP contribution in [0.2, 0.25) is 0 Å². The molecule has 1 heterocycles. The van der Waals surface area contributed by atoms with E-state index in [9.17, 15) is 19.5 Å². The molecule has 0 unspecified atom stereocenters. The van der Waals surface area contributed by atoms with E-state index >= 15 is 0 Å². The maximum absolute atomic E-state index is 13.1. The van der Waals surface area contributed by atoms with Crippen LogP contribution in [0.5, 0.6) is 11.5 Å². The summed E-state index contributed by atoms with van der Waals surface area (Å²) in [5.41, 5.74) is 4.99. The molecular formula is C27H23BrN2O5. The van der Waals surface area contributed by atoms with Gasteiger partial charge in [-0.25, -0.2) is 9.69 Å². The van der Waals surface area contributed by atoms with Crippen LogP contribution >= 0.6 is 15.9 Å². The second-order valence-electron chi connectivity index (χ2n) is 8.33. The quantitative estimate of drug-likeness (QED) is 0.353. The van der Waals surface area contributed by atoms with E-state index in [0.29, 0.717) is 17.7 Å². The van der Waals surface area contributed by atoms with Gasteiger partial charge in [-0.1, -0.05) is 45.3 Å². The fraction of sp³-hybridized carbons (Fsp3) is 0.148. The fourth-order valence-corrected chi connectivity index (χ4v) is 4.70. The van der Waals surface area contributed by atoms with Crippen molar-refractivity contribution >= 4 is 45.5 Å². The molecule has 0 aromatic heterocycles. The molecule has 4 amide bonds. The highest BCUT2D eigenvalue weighted by Crippen LogP contribution is 2.33. The topological polar surface area (TPSA) is 95.9 Å². The number of phenolic OH excluding ortho intramolecular Hbond substituents is 1. The normalized spacial score (nSPS) is 14.9. The van der Waals surface area contributed by atoms with E-state index in [4.69, 9.17) is 4.74 Å². The summed E-state index contributed by atoms with van der Waals surface area (Å²) in [6, 6.07) is 14.6. The van der Waals surface area contributed by atoms with Crippen molar-refractivity contribution in [1.29, 1.82) is 0 Å². The molecule has 8 heteroatoms. The third kappa shape index (κ3) is 5.12. The van der Waals surface area contributed by atoms with Crippen LogP contribution in [-0.4, -0.2) is 30.1 Å². The Morgan fingerprint density at radius 3 is 2.29 bits per heavy atom. The van der Waals surface area contributed by atoms with Gasteiger partial charge in [0.25, 0.3) is 11.8 Å². The van der Waals surface area contributed by atoms with Gasteiger partial charge in [-0.05, 0) is 67.4 Å². The standard InChI is InChI=1S/C27H23BrN2O5/c1-15-8-16(2)10-17(9-15)11-21-23(28)13-18(14-24(21)35-3)12-22-25(32)29-27(34)30(26(22)33)19-4-6-20(31)7-5-19/h4-10,12-14,31H,11H2,1-3H3,(H,29,32,34)/b22-12+. The number of aryl methyl sites for hydroxylation is 2. The van der Waals surface area contributed by atoms with Crippen molar-refractivity contribution in [1.82, 2.24) is 5.32 Å². The largest absolute Gasteiger partial charge is 0.508 e. The van der Waals surface area contributed by atoms with Crippen LogP contribution in [0.3, 0.4) is 0 Å². The minimum Gasteiger partial charge on any atom is -0.508 e. The number of hydrogen-bond donors (Lipinski definition) is 2. The van der Waals surface area contributed by atoms with Gasteiger partial charge in [0.15, 0.2) is 0 Å². The van der Waals surface area contributed by atoms with Gasteiger partial charge in [0, 0.05) is 16.5 Å². The van der Waals surface area contributed by atoms with Crippen molar-refractivity contribution in [2.75, 3.05) is 12.0 Å². The van der Waals surface area contributed by atoms with E-state index in [0.717, 1.165) is 20.5 Å². The SMILES string of the molecule is COc1cc(/C=C2\C(=O)NC(=O)N(c3ccc(O)cc3)C2=O)cc(Br)c1Cc1cc(C)cc(C)c1. The second kappa shape index (κ2) is 9.76. The van der Waals surface area contributed by atoms with E-state index < -0.39 is 17.8 Å². The number of rotatable bonds is 5. The minimum atomic E-state index is -0.856. The third-order valence-electron chi connectivity index (χ3n) is 5.58. The summed E-state index contributed by atoms with van der Waals surface area (Å²) in [5, 5.41) is 11.7. The van der Waals surface area contributed by atoms with Crippen molar-refractivity contribution in [3.8, 4) is 11.5 Å². The maximum Gasteiger partial charge on any atom is 0.335 e. The first-order valence-corrected chi connectivity index (χ1v) is 11.6. The molecule has 2 N–H and O–H groups in total. The summed E-state index contributed by atoms with van der Waals surface area (Å²) >= 11 is 3.61. The van der Waals surface area contributed by atoms with Crippen molar-refractivity contribution in [2.24, 2.45) is 0 Å². The number of barbiturate groups is 1. The van der Waals surface area contributed by atoms with Crippen LogP contribution in [0.1, 0.15) is 27.8 Å². The first kappa shape index (κ1) is 24.2. The molecule has 3 aromatic rings. The number of anilines is 1. The van der Waals surface area contributed by atoms with Gasteiger partial charge in [-0.3, -0.25) is 14.9 Å². The Morgan fingerprint density at radius 1 is 1.00 bits per heavy atom. The third-order valence-corrected chi connectivity index (χ3v) is 6.29. The summed E-state index contributed by atoms with van der Waals surface area (Å²) in [6.07, 6.45) is 2.05. The molecular weight excluding hydrogens is 512 g/mol. The number of phenols is 1. The number of nitrogens with zero attached hydrogens (tertiary/aromatic N) is 1. The molecule has 3 aromatic carbocycles. The summed E-state index contributed by atoms with van der Waals surface area (Å²) in [7, 11) is 1.56. The Labute approximate surface area is 211 Å². The maximum atomic E-state index is 13.1. The molecule has 4 rings (SSSR count). The number of halogens is 1. The summed E-state index contributed by atoms with van der Waals surface area (Å²) < 4.78 is 6.39. The zero-order valence-corrected chi connectivity index (χ0v) is 21.0. The number of methoxy groups -OCH3 is 1. The summed E-state index contributed by atoms with van der Waals surface area (Å²) in [6.45, 7) is 4.10. The molecule has 0 atom stereocenters. The number of hydrogen-bond acceptors (Lipinski definition) is 5. The molecule has 7 nitrogen and oxygen atoms in total. The predicted octanol–water partition coefficient (Wildman–Crippen LogP) is 5.04. The van der Waals surface area contributed by atoms with E-state index in [1.807, 2.05) is 0 Å². The van der Waals surface area contributed by atoms with E-state index in [2.05, 4.69) is 53.3 Å². The van der Waals surface area contributed by atoms with Gasteiger partial charge in [0.05, 0.1) is 12.8 Å². The number of carbonyl (C=O) groups is 3. The van der Waals surface area contributed by atoms with Crippen LogP contribution in [0, 0.1) is 13.8 Å². The number of benzene rings is 3. The molecule has 35 heavy (non-hydrogen) atoms. The zero-order valence-electron chi connectivity index (χ0n) is 19.4. The highest BCUT2D eigenvalue weighted by atomic mass is 79.9. The lowest BCUT2D eigenvalue weighted by Crippen LogP contribution is -2.54. The average Bonchev–Trinajstić information content (AvgIpc) is 2.78. The number of aromatic hydroxyl groups is 1. The molecule has 0 aliphatic carbocycles. The molecule has 178 valence electrons. The Kier molecular flexibility index (Phi) is 6.75. The van der Waals surface area contributed by atoms with Gasteiger partial charge in [-0.2, -0.15) is 0 Å². The molecule has 1 saturated heterocycles. The van der Waals surface area contributed by atoms with E-state index in [1.165, 1.54) is 41.5 Å². The molecule has 1 fully saturated rings. The predicted molar refractivity (Wildman–Crippen MR) is 137 cm³/mol. The number of urea groups is 1. The van der Waals surface area contributed by atoms with E-state index in [-0.39, 0.29) is 17.0 Å². The van der Waals surface area contributed by atoms with Crippen LogP contribution in [0.25, 0.3) is 6.08 Å². The fourth-order valence-electron chi connectivity index (χ4n) is 4.10. The van der Waals surface area contributed by atoms with Crippen LogP contribution in [-0.2, 0) is 16.0 Å². The number of ether oxygens (including phenoxy) is 1. The second-order valence-corrected chi connectivity index (χ2v) is 9.18. The lowest BCUT2D eigenvalue weighted by atomic mass is 9.98. The summed E-state index contributed by atoms with van der Waals surface area (Å²) in [4.78, 5) is 38.9. The van der Waals surface area contributed by atoms with Gasteiger partial charge in [0.1, 0.15) is 17.1 Å². The van der Waals surface area contributed by atoms with Crippen molar-refractivity contribution in [2.45, 2.75) is 20.3 Å². The minimum absolute atomic E-state index is 0.0108. The zero-order chi connectivity index (χ0) is 25.3. The Balaban J connectivity index is 1.70. The van der Waals surface area contributed by atoms with Gasteiger partial charge in [-0.15, -0.1) is 0 Å². The summed E-state index contributed by atoms with van der Waals surface area (Å²) in [5.74, 6) is -0.966. The smallest absolute Gasteiger partial charge is 0.335 e. The monoisotopic (exact) mass is 534 g/mol. The molecule has 0 spiro atoms. The molecule has 0 saturated carbocycles. The van der Waals surface area contributed by atoms with Crippen molar-refractivity contribution < 1.29 is 24.2 Å². The van der Waals surface area contributed by atoms with Gasteiger partial charge < -0.3 is 9.84 Å². The highest BCUT2D eigenvalue weighted by Gasteiger charge is 2.36. The number of nitrogens with one attached hydrogen (secondary N) is 1. The lowest BCUT2D eigenvalue weighted by Gasteiger charge is -2.26. The van der Waals surface area contributed by atoms with Crippen molar-refractivity contribution in [3.05, 3.63) is 92.5 Å². The van der Waals surface area contributed by atoms with Crippen LogP contribution < -0.4 is 15.0 Å². The first-order valence-electron chi connectivity index (χ1n) is 10.8. The number of imide groups is 2.